The lowest BCUT2D eigenvalue weighted by atomic mass is 10.1. The van der Waals surface area contributed by atoms with Crippen molar-refractivity contribution < 1.29 is 9.53 Å². The molecule has 5 nitrogen and oxygen atoms in total. The normalized spacial score (nSPS) is 24.0. The number of nitrogens with zero attached hydrogens (tertiary/aromatic N) is 1. The lowest BCUT2D eigenvalue weighted by Gasteiger charge is -2.19. The third-order valence-corrected chi connectivity index (χ3v) is 4.89. The summed E-state index contributed by atoms with van der Waals surface area (Å²) in [5, 5.41) is 6.49. The Morgan fingerprint density at radius 1 is 1.43 bits per heavy atom. The van der Waals surface area contributed by atoms with E-state index in [1.54, 1.807) is 7.11 Å². The van der Waals surface area contributed by atoms with E-state index in [-0.39, 0.29) is 5.91 Å². The number of carbonyl (C=O) groups is 1. The predicted octanol–water partition coefficient (Wildman–Crippen LogP) is 1.78. The smallest absolute Gasteiger partial charge is 0.221 e. The Hall–Kier alpha value is -1.75. The molecular weight excluding hydrogens is 290 g/mol. The summed E-state index contributed by atoms with van der Waals surface area (Å²) in [6, 6.07) is 8.57. The van der Waals surface area contributed by atoms with Crippen LogP contribution in [0.15, 0.2) is 24.3 Å². The number of hydrogen-bond acceptors (Lipinski definition) is 4. The maximum atomic E-state index is 12.0. The molecule has 2 heterocycles. The second kappa shape index (κ2) is 7.68. The monoisotopic (exact) mass is 317 g/mol. The Balaban J connectivity index is 1.43. The van der Waals surface area contributed by atoms with Crippen molar-refractivity contribution >= 4 is 11.6 Å². The molecule has 2 aliphatic rings. The summed E-state index contributed by atoms with van der Waals surface area (Å²) in [4.78, 5) is 14.4. The van der Waals surface area contributed by atoms with Gasteiger partial charge in [0.1, 0.15) is 5.75 Å². The van der Waals surface area contributed by atoms with Crippen LogP contribution in [0.25, 0.3) is 0 Å². The molecule has 2 fully saturated rings. The number of amides is 1. The Bertz CT molecular complexity index is 529. The Morgan fingerprint density at radius 3 is 3.13 bits per heavy atom. The zero-order valence-corrected chi connectivity index (χ0v) is 13.9. The Kier molecular flexibility index (Phi) is 5.39. The van der Waals surface area contributed by atoms with E-state index < -0.39 is 0 Å². The van der Waals surface area contributed by atoms with Crippen LogP contribution in [0, 0.1) is 5.92 Å². The molecule has 2 atom stereocenters. The second-order valence-electron chi connectivity index (χ2n) is 6.60. The predicted molar refractivity (Wildman–Crippen MR) is 92.0 cm³/mol. The topological polar surface area (TPSA) is 53.6 Å². The maximum absolute atomic E-state index is 12.0. The third-order valence-electron chi connectivity index (χ3n) is 4.89. The van der Waals surface area contributed by atoms with E-state index in [1.165, 1.54) is 12.1 Å². The first-order chi connectivity index (χ1) is 11.2. The van der Waals surface area contributed by atoms with Gasteiger partial charge in [-0.1, -0.05) is 6.07 Å². The van der Waals surface area contributed by atoms with Gasteiger partial charge in [0.25, 0.3) is 0 Å². The number of rotatable bonds is 6. The summed E-state index contributed by atoms with van der Waals surface area (Å²) in [6.45, 7) is 3.87. The molecule has 0 spiro atoms. The van der Waals surface area contributed by atoms with E-state index in [1.807, 2.05) is 12.1 Å². The van der Waals surface area contributed by atoms with Gasteiger partial charge >= 0.3 is 0 Å². The van der Waals surface area contributed by atoms with Crippen LogP contribution in [0.5, 0.6) is 5.75 Å². The van der Waals surface area contributed by atoms with Crippen molar-refractivity contribution in [3.8, 4) is 5.75 Å². The minimum Gasteiger partial charge on any atom is -0.497 e. The Morgan fingerprint density at radius 2 is 2.35 bits per heavy atom. The molecule has 0 aliphatic carbocycles. The standard InChI is InChI=1S/C18H27N3O2/c1-23-17-6-2-5-16(11-17)21-9-7-14(13-21)12-20-18(22)10-15-4-3-8-19-15/h2,5-6,11,14-15,19H,3-4,7-10,12-13H2,1H3,(H,20,22). The first-order valence-electron chi connectivity index (χ1n) is 8.63. The molecule has 0 radical (unpaired) electrons. The highest BCUT2D eigenvalue weighted by molar-refractivity contribution is 5.76. The molecule has 3 rings (SSSR count). The van der Waals surface area contributed by atoms with E-state index in [0.29, 0.717) is 18.4 Å². The fraction of sp³-hybridized carbons (Fsp3) is 0.611. The number of benzene rings is 1. The number of ether oxygens (including phenoxy) is 1. The number of hydrogen-bond donors (Lipinski definition) is 2. The van der Waals surface area contributed by atoms with Crippen molar-refractivity contribution in [2.75, 3.05) is 38.2 Å². The number of methoxy groups -OCH3 is 1. The minimum absolute atomic E-state index is 0.184. The largest absolute Gasteiger partial charge is 0.497 e. The second-order valence-corrected chi connectivity index (χ2v) is 6.60. The summed E-state index contributed by atoms with van der Waals surface area (Å²) < 4.78 is 5.29. The summed E-state index contributed by atoms with van der Waals surface area (Å²) in [6.07, 6.45) is 4.06. The van der Waals surface area contributed by atoms with Gasteiger partial charge in [-0.25, -0.2) is 0 Å². The molecule has 2 unspecified atom stereocenters. The molecule has 1 aromatic carbocycles. The van der Waals surface area contributed by atoms with Crippen molar-refractivity contribution in [1.29, 1.82) is 0 Å². The van der Waals surface area contributed by atoms with Crippen LogP contribution in [0.4, 0.5) is 5.69 Å². The molecule has 0 aromatic heterocycles. The fourth-order valence-electron chi connectivity index (χ4n) is 3.53. The van der Waals surface area contributed by atoms with Crippen molar-refractivity contribution in [1.82, 2.24) is 10.6 Å². The van der Waals surface area contributed by atoms with Gasteiger partial charge in [0.05, 0.1) is 7.11 Å². The van der Waals surface area contributed by atoms with E-state index in [0.717, 1.165) is 44.8 Å². The highest BCUT2D eigenvalue weighted by atomic mass is 16.5. The van der Waals surface area contributed by atoms with Crippen LogP contribution >= 0.6 is 0 Å². The SMILES string of the molecule is COc1cccc(N2CCC(CNC(=O)CC3CCCN3)C2)c1. The van der Waals surface area contributed by atoms with Gasteiger partial charge < -0.3 is 20.3 Å². The number of anilines is 1. The molecule has 2 N–H and O–H groups in total. The summed E-state index contributed by atoms with van der Waals surface area (Å²) in [7, 11) is 1.70. The van der Waals surface area contributed by atoms with Gasteiger partial charge in [-0.3, -0.25) is 4.79 Å². The first-order valence-corrected chi connectivity index (χ1v) is 8.63. The van der Waals surface area contributed by atoms with Crippen LogP contribution in [0.2, 0.25) is 0 Å². The van der Waals surface area contributed by atoms with Crippen LogP contribution < -0.4 is 20.3 Å². The van der Waals surface area contributed by atoms with E-state index >= 15 is 0 Å². The lowest BCUT2D eigenvalue weighted by molar-refractivity contribution is -0.121. The summed E-state index contributed by atoms with van der Waals surface area (Å²) >= 11 is 0. The number of carbonyl (C=O) groups excluding carboxylic acids is 1. The van der Waals surface area contributed by atoms with Crippen molar-refractivity contribution in [2.45, 2.75) is 31.7 Å². The quantitative estimate of drug-likeness (QED) is 0.840. The van der Waals surface area contributed by atoms with Crippen LogP contribution in [-0.2, 0) is 4.79 Å². The van der Waals surface area contributed by atoms with Gasteiger partial charge in [-0.05, 0) is 43.9 Å². The summed E-state index contributed by atoms with van der Waals surface area (Å²) in [5.74, 6) is 1.61. The van der Waals surface area contributed by atoms with E-state index in [2.05, 4.69) is 27.7 Å². The molecule has 1 aromatic rings. The van der Waals surface area contributed by atoms with Gasteiger partial charge in [0, 0.05) is 43.9 Å². The number of nitrogens with one attached hydrogen (secondary N) is 2. The molecule has 2 aliphatic heterocycles. The third kappa shape index (κ3) is 4.38. The van der Waals surface area contributed by atoms with Gasteiger partial charge in [0.15, 0.2) is 0 Å². The molecule has 23 heavy (non-hydrogen) atoms. The summed E-state index contributed by atoms with van der Waals surface area (Å²) in [5.41, 5.74) is 1.20. The minimum atomic E-state index is 0.184. The van der Waals surface area contributed by atoms with E-state index in [4.69, 9.17) is 4.74 Å². The molecule has 2 saturated heterocycles. The average Bonchev–Trinajstić information content (AvgIpc) is 3.24. The maximum Gasteiger partial charge on any atom is 0.221 e. The average molecular weight is 317 g/mol. The lowest BCUT2D eigenvalue weighted by Crippen LogP contribution is -2.35. The first kappa shape index (κ1) is 16.1. The molecule has 0 saturated carbocycles. The van der Waals surface area contributed by atoms with E-state index in [9.17, 15) is 4.79 Å². The van der Waals surface area contributed by atoms with Crippen LogP contribution in [0.3, 0.4) is 0 Å². The molecule has 5 heteroatoms. The Labute approximate surface area is 138 Å². The fourth-order valence-corrected chi connectivity index (χ4v) is 3.53. The zero-order valence-electron chi connectivity index (χ0n) is 13.9. The van der Waals surface area contributed by atoms with Crippen molar-refractivity contribution in [3.05, 3.63) is 24.3 Å². The van der Waals surface area contributed by atoms with Crippen LogP contribution in [0.1, 0.15) is 25.7 Å². The molecular formula is C18H27N3O2. The van der Waals surface area contributed by atoms with Crippen molar-refractivity contribution in [2.24, 2.45) is 5.92 Å². The molecule has 1 amide bonds. The van der Waals surface area contributed by atoms with Crippen molar-refractivity contribution in [3.63, 3.8) is 0 Å². The molecule has 0 bridgehead atoms. The molecule has 126 valence electrons. The van der Waals surface area contributed by atoms with Gasteiger partial charge in [-0.15, -0.1) is 0 Å². The highest BCUT2D eigenvalue weighted by Crippen LogP contribution is 2.26. The van der Waals surface area contributed by atoms with Gasteiger partial charge in [0.2, 0.25) is 5.91 Å². The highest BCUT2D eigenvalue weighted by Gasteiger charge is 2.24. The zero-order chi connectivity index (χ0) is 16.1. The van der Waals surface area contributed by atoms with Gasteiger partial charge in [-0.2, -0.15) is 0 Å². The van der Waals surface area contributed by atoms with Crippen LogP contribution in [-0.4, -0.2) is 45.2 Å².